The lowest BCUT2D eigenvalue weighted by Crippen LogP contribution is -2.17. The number of hydrogen-bond donors (Lipinski definition) is 1. The SMILES string of the molecule is Cc1cc(F)ccc1-c1[nH]c(C(C)(C)C)nc(=S)c1C. The van der Waals surface area contributed by atoms with Crippen LogP contribution < -0.4 is 0 Å². The molecule has 0 aliphatic heterocycles. The molecule has 2 rings (SSSR count). The highest BCUT2D eigenvalue weighted by Crippen LogP contribution is 2.28. The van der Waals surface area contributed by atoms with Crippen molar-refractivity contribution in [2.75, 3.05) is 0 Å². The lowest BCUT2D eigenvalue weighted by Gasteiger charge is -2.20. The van der Waals surface area contributed by atoms with Gasteiger partial charge in [0.15, 0.2) is 0 Å². The molecule has 0 amide bonds. The van der Waals surface area contributed by atoms with Gasteiger partial charge in [-0.2, -0.15) is 0 Å². The van der Waals surface area contributed by atoms with Gasteiger partial charge in [0.05, 0.1) is 5.69 Å². The predicted molar refractivity (Wildman–Crippen MR) is 83.0 cm³/mol. The zero-order valence-electron chi connectivity index (χ0n) is 12.5. The van der Waals surface area contributed by atoms with Gasteiger partial charge in [-0.1, -0.05) is 33.0 Å². The highest BCUT2D eigenvalue weighted by Gasteiger charge is 2.19. The summed E-state index contributed by atoms with van der Waals surface area (Å²) in [7, 11) is 0. The molecule has 0 bridgehead atoms. The fourth-order valence-corrected chi connectivity index (χ4v) is 2.26. The van der Waals surface area contributed by atoms with E-state index in [-0.39, 0.29) is 11.2 Å². The molecule has 0 atom stereocenters. The molecule has 0 aliphatic rings. The molecule has 1 heterocycles. The Morgan fingerprint density at radius 1 is 1.20 bits per heavy atom. The quantitative estimate of drug-likeness (QED) is 0.760. The van der Waals surface area contributed by atoms with Gasteiger partial charge < -0.3 is 4.98 Å². The zero-order chi connectivity index (χ0) is 15.1. The van der Waals surface area contributed by atoms with E-state index < -0.39 is 0 Å². The molecule has 0 unspecified atom stereocenters. The van der Waals surface area contributed by atoms with Crippen LogP contribution in [0.15, 0.2) is 18.2 Å². The first-order chi connectivity index (χ1) is 9.20. The number of aromatic amines is 1. The van der Waals surface area contributed by atoms with Crippen LogP contribution in [0.1, 0.15) is 37.7 Å². The minimum Gasteiger partial charge on any atom is -0.342 e. The van der Waals surface area contributed by atoms with Crippen molar-refractivity contribution in [3.05, 3.63) is 45.6 Å². The topological polar surface area (TPSA) is 28.7 Å². The van der Waals surface area contributed by atoms with E-state index in [1.165, 1.54) is 12.1 Å². The van der Waals surface area contributed by atoms with Crippen LogP contribution in [0.25, 0.3) is 11.3 Å². The van der Waals surface area contributed by atoms with Crippen molar-refractivity contribution in [3.63, 3.8) is 0 Å². The molecule has 1 aromatic heterocycles. The smallest absolute Gasteiger partial charge is 0.133 e. The number of benzene rings is 1. The van der Waals surface area contributed by atoms with E-state index in [2.05, 4.69) is 30.7 Å². The summed E-state index contributed by atoms with van der Waals surface area (Å²) in [5.74, 6) is 0.611. The van der Waals surface area contributed by atoms with E-state index >= 15 is 0 Å². The number of H-pyrrole nitrogens is 1. The summed E-state index contributed by atoms with van der Waals surface area (Å²) in [5, 5.41) is 0. The molecule has 2 aromatic rings. The van der Waals surface area contributed by atoms with Crippen molar-refractivity contribution in [1.29, 1.82) is 0 Å². The van der Waals surface area contributed by atoms with Crippen LogP contribution in [0.2, 0.25) is 0 Å². The number of aromatic nitrogens is 2. The Kier molecular flexibility index (Phi) is 3.78. The van der Waals surface area contributed by atoms with Crippen LogP contribution in [-0.2, 0) is 5.41 Å². The molecule has 4 heteroatoms. The highest BCUT2D eigenvalue weighted by atomic mass is 32.1. The van der Waals surface area contributed by atoms with Gasteiger partial charge in [0.25, 0.3) is 0 Å². The predicted octanol–water partition coefficient (Wildman–Crippen LogP) is 4.86. The Bertz CT molecular complexity index is 711. The van der Waals surface area contributed by atoms with Gasteiger partial charge in [-0.3, -0.25) is 0 Å². The molecule has 106 valence electrons. The second kappa shape index (κ2) is 5.09. The zero-order valence-corrected chi connectivity index (χ0v) is 13.3. The third-order valence-corrected chi connectivity index (χ3v) is 3.72. The fraction of sp³-hybridized carbons (Fsp3) is 0.375. The van der Waals surface area contributed by atoms with Crippen molar-refractivity contribution >= 4 is 12.2 Å². The second-order valence-electron chi connectivity index (χ2n) is 6.10. The summed E-state index contributed by atoms with van der Waals surface area (Å²) in [6.45, 7) is 10.1. The molecule has 0 aliphatic carbocycles. The van der Waals surface area contributed by atoms with Gasteiger partial charge >= 0.3 is 0 Å². The van der Waals surface area contributed by atoms with Crippen LogP contribution in [0.4, 0.5) is 4.39 Å². The van der Waals surface area contributed by atoms with Gasteiger partial charge in [0, 0.05) is 16.5 Å². The number of aryl methyl sites for hydroxylation is 1. The molecular weight excluding hydrogens is 271 g/mol. The molecule has 0 radical (unpaired) electrons. The Balaban J connectivity index is 2.73. The van der Waals surface area contributed by atoms with Crippen molar-refractivity contribution in [2.45, 2.75) is 40.0 Å². The highest BCUT2D eigenvalue weighted by molar-refractivity contribution is 7.71. The van der Waals surface area contributed by atoms with Gasteiger partial charge in [-0.25, -0.2) is 9.37 Å². The maximum atomic E-state index is 13.3. The molecule has 1 N–H and O–H groups in total. The normalized spacial score (nSPS) is 11.7. The maximum absolute atomic E-state index is 13.3. The molecule has 0 saturated heterocycles. The van der Waals surface area contributed by atoms with Crippen LogP contribution in [0.3, 0.4) is 0 Å². The average molecular weight is 290 g/mol. The van der Waals surface area contributed by atoms with Crippen molar-refractivity contribution in [3.8, 4) is 11.3 Å². The maximum Gasteiger partial charge on any atom is 0.133 e. The van der Waals surface area contributed by atoms with E-state index in [0.717, 1.165) is 28.2 Å². The first kappa shape index (κ1) is 14.9. The number of nitrogens with one attached hydrogen (secondary N) is 1. The minimum atomic E-state index is -0.229. The summed E-state index contributed by atoms with van der Waals surface area (Å²) in [6, 6.07) is 4.78. The lowest BCUT2D eigenvalue weighted by molar-refractivity contribution is 0.544. The standard InChI is InChI=1S/C16H19FN2S/c1-9-8-11(17)6-7-12(9)13-10(2)14(20)19-15(18-13)16(3,4)5/h6-8H,1-5H3,(H,18,19,20). The van der Waals surface area contributed by atoms with E-state index in [4.69, 9.17) is 12.2 Å². The van der Waals surface area contributed by atoms with Gasteiger partial charge in [-0.05, 0) is 37.6 Å². The van der Waals surface area contributed by atoms with E-state index in [1.54, 1.807) is 6.07 Å². The third-order valence-electron chi connectivity index (χ3n) is 3.32. The Morgan fingerprint density at radius 3 is 2.40 bits per heavy atom. The molecule has 20 heavy (non-hydrogen) atoms. The monoisotopic (exact) mass is 290 g/mol. The molecule has 0 spiro atoms. The van der Waals surface area contributed by atoms with E-state index in [9.17, 15) is 4.39 Å². The number of hydrogen-bond acceptors (Lipinski definition) is 2. The Morgan fingerprint density at radius 2 is 1.85 bits per heavy atom. The number of nitrogens with zero attached hydrogens (tertiary/aromatic N) is 1. The van der Waals surface area contributed by atoms with Crippen LogP contribution in [-0.4, -0.2) is 9.97 Å². The molecule has 0 saturated carbocycles. The Labute approximate surface area is 124 Å². The summed E-state index contributed by atoms with van der Waals surface area (Å²) in [6.07, 6.45) is 0. The molecule has 2 nitrogen and oxygen atoms in total. The number of rotatable bonds is 1. The first-order valence-corrected chi connectivity index (χ1v) is 6.99. The van der Waals surface area contributed by atoms with Crippen LogP contribution in [0, 0.1) is 24.3 Å². The van der Waals surface area contributed by atoms with Crippen LogP contribution >= 0.6 is 12.2 Å². The largest absolute Gasteiger partial charge is 0.342 e. The lowest BCUT2D eigenvalue weighted by atomic mass is 9.94. The van der Waals surface area contributed by atoms with Crippen molar-refractivity contribution in [1.82, 2.24) is 9.97 Å². The summed E-state index contributed by atoms with van der Waals surface area (Å²) in [4.78, 5) is 7.83. The van der Waals surface area contributed by atoms with Gasteiger partial charge in [-0.15, -0.1) is 0 Å². The average Bonchev–Trinajstić information content (AvgIpc) is 2.32. The van der Waals surface area contributed by atoms with E-state index in [1.807, 2.05) is 13.8 Å². The number of halogens is 1. The minimum absolute atomic E-state index is 0.121. The summed E-state index contributed by atoms with van der Waals surface area (Å²) in [5.41, 5.74) is 3.56. The summed E-state index contributed by atoms with van der Waals surface area (Å²) < 4.78 is 13.9. The first-order valence-electron chi connectivity index (χ1n) is 6.58. The van der Waals surface area contributed by atoms with Crippen molar-refractivity contribution in [2.24, 2.45) is 0 Å². The Hall–Kier alpha value is -1.55. The molecule has 0 fully saturated rings. The van der Waals surface area contributed by atoms with Gasteiger partial charge in [0.1, 0.15) is 16.3 Å². The fourth-order valence-electron chi connectivity index (χ4n) is 2.06. The second-order valence-corrected chi connectivity index (χ2v) is 6.49. The summed E-state index contributed by atoms with van der Waals surface area (Å²) >= 11 is 5.36. The molecular formula is C16H19FN2S. The van der Waals surface area contributed by atoms with Gasteiger partial charge in [0.2, 0.25) is 0 Å². The van der Waals surface area contributed by atoms with E-state index in [0.29, 0.717) is 4.64 Å². The third kappa shape index (κ3) is 2.80. The van der Waals surface area contributed by atoms with Crippen LogP contribution in [0.5, 0.6) is 0 Å². The molecule has 1 aromatic carbocycles. The van der Waals surface area contributed by atoms with Crippen molar-refractivity contribution < 1.29 is 4.39 Å².